The molecule has 1 aromatic rings. The highest BCUT2D eigenvalue weighted by atomic mass is 16.6. The molecular formula is C14H18N2O2. The van der Waals surface area contributed by atoms with E-state index < -0.39 is 0 Å². The molecule has 0 aromatic heterocycles. The Hall–Kier alpha value is -1.68. The third kappa shape index (κ3) is 2.43. The van der Waals surface area contributed by atoms with Gasteiger partial charge in [0.05, 0.1) is 10.5 Å². The Morgan fingerprint density at radius 2 is 2.28 bits per heavy atom. The first-order chi connectivity index (χ1) is 8.61. The summed E-state index contributed by atoms with van der Waals surface area (Å²) in [7, 11) is 0. The van der Waals surface area contributed by atoms with Crippen LogP contribution in [0, 0.1) is 17.0 Å². The van der Waals surface area contributed by atoms with Gasteiger partial charge in [0, 0.05) is 12.1 Å². The minimum Gasteiger partial charge on any atom is -0.310 e. The number of nitro benzene ring substituents is 1. The lowest BCUT2D eigenvalue weighted by atomic mass is 9.90. The van der Waals surface area contributed by atoms with Gasteiger partial charge >= 0.3 is 0 Å². The molecule has 1 aliphatic rings. The Kier molecular flexibility index (Phi) is 3.77. The summed E-state index contributed by atoms with van der Waals surface area (Å²) in [5.74, 6) is 0. The smallest absolute Gasteiger partial charge is 0.277 e. The van der Waals surface area contributed by atoms with Crippen molar-refractivity contribution in [2.45, 2.75) is 32.2 Å². The van der Waals surface area contributed by atoms with Gasteiger partial charge in [-0.3, -0.25) is 10.1 Å². The van der Waals surface area contributed by atoms with E-state index in [1.54, 1.807) is 12.1 Å². The van der Waals surface area contributed by atoms with E-state index in [0.29, 0.717) is 5.56 Å². The van der Waals surface area contributed by atoms with Crippen LogP contribution in [0.3, 0.4) is 0 Å². The summed E-state index contributed by atoms with van der Waals surface area (Å²) >= 11 is 0. The Morgan fingerprint density at radius 1 is 1.50 bits per heavy atom. The largest absolute Gasteiger partial charge is 0.310 e. The summed E-state index contributed by atoms with van der Waals surface area (Å²) in [5, 5.41) is 14.5. The number of nitrogens with one attached hydrogen (secondary N) is 1. The third-order valence-electron chi connectivity index (χ3n) is 3.50. The zero-order valence-corrected chi connectivity index (χ0v) is 10.6. The number of aryl methyl sites for hydroxylation is 1. The Bertz CT molecular complexity index is 477. The molecule has 0 spiro atoms. The Morgan fingerprint density at radius 3 is 2.89 bits per heavy atom. The Balaban J connectivity index is 2.36. The molecule has 96 valence electrons. The fraction of sp³-hybridized carbons (Fsp3) is 0.429. The SMILES string of the molecule is C=C(c1c(C)cccc1[N+](=O)[O-])C1CCCCN1. The van der Waals surface area contributed by atoms with Crippen molar-refractivity contribution in [3.05, 3.63) is 46.0 Å². The van der Waals surface area contributed by atoms with E-state index in [0.717, 1.165) is 30.5 Å². The molecule has 2 rings (SSSR count). The second kappa shape index (κ2) is 5.31. The van der Waals surface area contributed by atoms with Crippen molar-refractivity contribution in [3.8, 4) is 0 Å². The summed E-state index contributed by atoms with van der Waals surface area (Å²) in [5.41, 5.74) is 2.62. The van der Waals surface area contributed by atoms with E-state index >= 15 is 0 Å². The van der Waals surface area contributed by atoms with Crippen molar-refractivity contribution in [1.29, 1.82) is 0 Å². The van der Waals surface area contributed by atoms with E-state index in [2.05, 4.69) is 11.9 Å². The average molecular weight is 246 g/mol. The van der Waals surface area contributed by atoms with E-state index in [4.69, 9.17) is 0 Å². The quantitative estimate of drug-likeness (QED) is 0.658. The maximum absolute atomic E-state index is 11.1. The second-order valence-electron chi connectivity index (χ2n) is 4.75. The monoisotopic (exact) mass is 246 g/mol. The molecule has 1 atom stereocenters. The van der Waals surface area contributed by atoms with E-state index in [9.17, 15) is 10.1 Å². The van der Waals surface area contributed by atoms with Gasteiger partial charge in [-0.25, -0.2) is 0 Å². The van der Waals surface area contributed by atoms with Crippen LogP contribution in [0.5, 0.6) is 0 Å². The Labute approximate surface area is 107 Å². The topological polar surface area (TPSA) is 55.2 Å². The summed E-state index contributed by atoms with van der Waals surface area (Å²) in [6, 6.07) is 5.34. The van der Waals surface area contributed by atoms with Crippen LogP contribution in [-0.4, -0.2) is 17.5 Å². The molecule has 4 heteroatoms. The normalized spacial score (nSPS) is 19.5. The van der Waals surface area contributed by atoms with Crippen molar-refractivity contribution < 1.29 is 4.92 Å². The van der Waals surface area contributed by atoms with Crippen LogP contribution >= 0.6 is 0 Å². The number of hydrogen-bond acceptors (Lipinski definition) is 3. The van der Waals surface area contributed by atoms with Crippen LogP contribution in [0.2, 0.25) is 0 Å². The molecule has 1 aromatic carbocycles. The minimum atomic E-state index is -0.323. The van der Waals surface area contributed by atoms with E-state index in [1.807, 2.05) is 13.0 Å². The van der Waals surface area contributed by atoms with Gasteiger partial charge in [-0.05, 0) is 37.4 Å². The first-order valence-electron chi connectivity index (χ1n) is 6.28. The number of nitro groups is 1. The van der Waals surface area contributed by atoms with Crippen molar-refractivity contribution >= 4 is 11.3 Å². The third-order valence-corrected chi connectivity index (χ3v) is 3.50. The molecule has 1 fully saturated rings. The highest BCUT2D eigenvalue weighted by molar-refractivity contribution is 5.76. The molecule has 0 aliphatic carbocycles. The lowest BCUT2D eigenvalue weighted by Gasteiger charge is -2.26. The zero-order chi connectivity index (χ0) is 13.1. The lowest BCUT2D eigenvalue weighted by molar-refractivity contribution is -0.385. The highest BCUT2D eigenvalue weighted by Crippen LogP contribution is 2.32. The number of nitrogens with zero attached hydrogens (tertiary/aromatic N) is 1. The summed E-state index contributed by atoms with van der Waals surface area (Å²) < 4.78 is 0. The van der Waals surface area contributed by atoms with Crippen molar-refractivity contribution in [3.63, 3.8) is 0 Å². The summed E-state index contributed by atoms with van der Waals surface area (Å²) in [6.07, 6.45) is 3.32. The fourth-order valence-electron chi connectivity index (χ4n) is 2.55. The first kappa shape index (κ1) is 12.8. The number of hydrogen-bond donors (Lipinski definition) is 1. The van der Waals surface area contributed by atoms with E-state index in [1.165, 1.54) is 6.42 Å². The molecule has 0 amide bonds. The molecule has 1 saturated heterocycles. The minimum absolute atomic E-state index is 0.160. The molecule has 1 aliphatic heterocycles. The fourth-order valence-corrected chi connectivity index (χ4v) is 2.55. The van der Waals surface area contributed by atoms with Crippen LogP contribution in [0.4, 0.5) is 5.69 Å². The van der Waals surface area contributed by atoms with Crippen molar-refractivity contribution in [1.82, 2.24) is 5.32 Å². The van der Waals surface area contributed by atoms with Gasteiger partial charge in [-0.1, -0.05) is 25.1 Å². The highest BCUT2D eigenvalue weighted by Gasteiger charge is 2.24. The maximum Gasteiger partial charge on any atom is 0.277 e. The van der Waals surface area contributed by atoms with Gasteiger partial charge in [-0.2, -0.15) is 0 Å². The van der Waals surface area contributed by atoms with Gasteiger partial charge in [-0.15, -0.1) is 0 Å². The molecule has 1 unspecified atom stereocenters. The lowest BCUT2D eigenvalue weighted by Crippen LogP contribution is -2.34. The van der Waals surface area contributed by atoms with Crippen molar-refractivity contribution in [2.75, 3.05) is 6.54 Å². The molecule has 0 bridgehead atoms. The van der Waals surface area contributed by atoms with Gasteiger partial charge in [0.25, 0.3) is 5.69 Å². The molecular weight excluding hydrogens is 228 g/mol. The number of benzene rings is 1. The van der Waals surface area contributed by atoms with Crippen LogP contribution in [-0.2, 0) is 0 Å². The molecule has 4 nitrogen and oxygen atoms in total. The molecule has 1 heterocycles. The van der Waals surface area contributed by atoms with Gasteiger partial charge in [0.1, 0.15) is 0 Å². The van der Waals surface area contributed by atoms with Crippen LogP contribution in [0.15, 0.2) is 24.8 Å². The summed E-state index contributed by atoms with van der Waals surface area (Å²) in [6.45, 7) is 6.95. The standard InChI is InChI=1S/C14H18N2O2/c1-10-6-5-8-13(16(17)18)14(10)11(2)12-7-3-4-9-15-12/h5-6,8,12,15H,2-4,7,9H2,1H3. The first-order valence-corrected chi connectivity index (χ1v) is 6.28. The van der Waals surface area contributed by atoms with Crippen LogP contribution < -0.4 is 5.32 Å². The van der Waals surface area contributed by atoms with Gasteiger partial charge in [0.2, 0.25) is 0 Å². The molecule has 1 N–H and O–H groups in total. The number of piperidine rings is 1. The predicted octanol–water partition coefficient (Wildman–Crippen LogP) is 3.06. The second-order valence-corrected chi connectivity index (χ2v) is 4.75. The molecule has 18 heavy (non-hydrogen) atoms. The molecule has 0 saturated carbocycles. The maximum atomic E-state index is 11.1. The van der Waals surface area contributed by atoms with E-state index in [-0.39, 0.29) is 16.7 Å². The predicted molar refractivity (Wildman–Crippen MR) is 72.5 cm³/mol. The number of rotatable bonds is 3. The van der Waals surface area contributed by atoms with Crippen LogP contribution in [0.25, 0.3) is 5.57 Å². The average Bonchev–Trinajstić information content (AvgIpc) is 2.38. The van der Waals surface area contributed by atoms with Crippen molar-refractivity contribution in [2.24, 2.45) is 0 Å². The molecule has 0 radical (unpaired) electrons. The van der Waals surface area contributed by atoms with Gasteiger partial charge in [0.15, 0.2) is 0 Å². The van der Waals surface area contributed by atoms with Gasteiger partial charge < -0.3 is 5.32 Å². The summed E-state index contributed by atoms with van der Waals surface area (Å²) in [4.78, 5) is 10.8. The zero-order valence-electron chi connectivity index (χ0n) is 10.6. The van der Waals surface area contributed by atoms with Crippen LogP contribution in [0.1, 0.15) is 30.4 Å².